The maximum absolute atomic E-state index is 14.1. The number of nitrogens with zero attached hydrogens (tertiary/aromatic N) is 1. The lowest BCUT2D eigenvalue weighted by Gasteiger charge is -2.70. The van der Waals surface area contributed by atoms with Crippen LogP contribution in [0, 0.1) is 68.0 Å². The van der Waals surface area contributed by atoms with Crippen molar-refractivity contribution < 1.29 is 19.1 Å². The molecule has 0 saturated heterocycles. The smallest absolute Gasteiger partial charge is 0.325 e. The Hall–Kier alpha value is -2.42. The Balaban J connectivity index is 1.58. The molecule has 0 aromatic carbocycles. The zero-order valence-electron chi connectivity index (χ0n) is 26.5. The van der Waals surface area contributed by atoms with Crippen LogP contribution in [0.4, 0.5) is 0 Å². The average molecular weight is 563 g/mol. The molecule has 5 rings (SSSR count). The summed E-state index contributed by atoms with van der Waals surface area (Å²) < 4.78 is 5.10. The third-order valence-corrected chi connectivity index (χ3v) is 13.6. The highest BCUT2D eigenvalue weighted by molar-refractivity contribution is 6.04. The van der Waals surface area contributed by atoms with Gasteiger partial charge in [-0.2, -0.15) is 5.26 Å². The molecule has 224 valence electrons. The molecule has 9 atom stereocenters. The summed E-state index contributed by atoms with van der Waals surface area (Å²) >= 11 is 0. The summed E-state index contributed by atoms with van der Waals surface area (Å²) in [6, 6.07) is 2.25. The Morgan fingerprint density at radius 3 is 2.41 bits per heavy atom. The summed E-state index contributed by atoms with van der Waals surface area (Å²) in [5.41, 5.74) is 0.339. The van der Waals surface area contributed by atoms with Gasteiger partial charge in [0.05, 0.1) is 17.6 Å². The summed E-state index contributed by atoms with van der Waals surface area (Å²) in [5, 5.41) is 12.9. The van der Waals surface area contributed by atoms with E-state index in [1.165, 1.54) is 5.57 Å². The Kier molecular flexibility index (Phi) is 7.19. The van der Waals surface area contributed by atoms with Gasteiger partial charge < -0.3 is 10.1 Å². The standard InChI is InChI=1S/C35H50N2O4/c1-9-41-27(38)20-37-30(40)35-15-12-21(2)22(3)28(35)24-10-11-26-32(6)18-23(19-36)29(39)31(4,5)25(32)13-14-34(26,8)33(24,7)16-17-35/h10,18,21-22,25-26,28H,9,11-17,20H2,1-8H3,(H,37,40)/t21-,22+,25+,26-,28+,32+,33-,34-,35+/m1/s1. The second-order valence-electron chi connectivity index (χ2n) is 15.4. The topological polar surface area (TPSA) is 96.3 Å². The highest BCUT2D eigenvalue weighted by Crippen LogP contribution is 2.75. The number of Topliss-reactive ketones (excluding diaryl/α,β-unsaturated/α-hetero) is 1. The van der Waals surface area contributed by atoms with Gasteiger partial charge in [-0.25, -0.2) is 0 Å². The van der Waals surface area contributed by atoms with Crippen LogP contribution >= 0.6 is 0 Å². The van der Waals surface area contributed by atoms with Crippen LogP contribution in [0.2, 0.25) is 0 Å². The summed E-state index contributed by atoms with van der Waals surface area (Å²) in [6.45, 7) is 18.0. The molecule has 3 fully saturated rings. The molecule has 6 nitrogen and oxygen atoms in total. The highest BCUT2D eigenvalue weighted by Gasteiger charge is 2.69. The number of amides is 1. The van der Waals surface area contributed by atoms with Gasteiger partial charge in [0, 0.05) is 5.41 Å². The van der Waals surface area contributed by atoms with Gasteiger partial charge in [-0.15, -0.1) is 0 Å². The number of allylic oxidation sites excluding steroid dienone is 4. The first-order valence-electron chi connectivity index (χ1n) is 16.0. The molecule has 5 aliphatic carbocycles. The maximum Gasteiger partial charge on any atom is 0.325 e. The van der Waals surface area contributed by atoms with Crippen molar-refractivity contribution in [1.82, 2.24) is 5.32 Å². The molecular weight excluding hydrogens is 512 g/mol. The van der Waals surface area contributed by atoms with Crippen LogP contribution in [0.15, 0.2) is 23.3 Å². The van der Waals surface area contributed by atoms with Crippen LogP contribution in [-0.2, 0) is 19.1 Å². The van der Waals surface area contributed by atoms with E-state index in [0.29, 0.717) is 29.9 Å². The van der Waals surface area contributed by atoms with Crippen LogP contribution in [-0.4, -0.2) is 30.8 Å². The first-order valence-corrected chi connectivity index (χ1v) is 16.0. The molecule has 41 heavy (non-hydrogen) atoms. The van der Waals surface area contributed by atoms with E-state index in [4.69, 9.17) is 4.74 Å². The Morgan fingerprint density at radius 2 is 1.76 bits per heavy atom. The van der Waals surface area contributed by atoms with Gasteiger partial charge >= 0.3 is 5.97 Å². The van der Waals surface area contributed by atoms with Crippen molar-refractivity contribution >= 4 is 17.7 Å². The highest BCUT2D eigenvalue weighted by atomic mass is 16.5. The molecule has 1 N–H and O–H groups in total. The number of carbonyl (C=O) groups excluding carboxylic acids is 3. The van der Waals surface area contributed by atoms with Crippen molar-refractivity contribution in [3.05, 3.63) is 23.3 Å². The molecular formula is C35H50N2O4. The van der Waals surface area contributed by atoms with Crippen LogP contribution in [0.3, 0.4) is 0 Å². The van der Waals surface area contributed by atoms with Gasteiger partial charge in [-0.3, -0.25) is 14.4 Å². The lowest BCUT2D eigenvalue weighted by molar-refractivity contribution is -0.168. The minimum absolute atomic E-state index is 0.00865. The summed E-state index contributed by atoms with van der Waals surface area (Å²) in [4.78, 5) is 39.5. The van der Waals surface area contributed by atoms with E-state index in [1.54, 1.807) is 6.92 Å². The quantitative estimate of drug-likeness (QED) is 0.309. The predicted octanol–water partition coefficient (Wildman–Crippen LogP) is 6.56. The third-order valence-electron chi connectivity index (χ3n) is 13.6. The maximum atomic E-state index is 14.1. The van der Waals surface area contributed by atoms with Gasteiger partial charge in [0.25, 0.3) is 0 Å². The third kappa shape index (κ3) is 3.96. The molecule has 0 aliphatic heterocycles. The zero-order valence-corrected chi connectivity index (χ0v) is 26.5. The fraction of sp³-hybridized carbons (Fsp3) is 0.771. The second-order valence-corrected chi connectivity index (χ2v) is 15.4. The van der Waals surface area contributed by atoms with Gasteiger partial charge in [-0.1, -0.05) is 66.2 Å². The van der Waals surface area contributed by atoms with Gasteiger partial charge in [0.1, 0.15) is 12.6 Å². The summed E-state index contributed by atoms with van der Waals surface area (Å²) in [5.74, 6) is 1.11. The summed E-state index contributed by atoms with van der Waals surface area (Å²) in [7, 11) is 0. The number of nitrogens with one attached hydrogen (secondary N) is 1. The zero-order chi connectivity index (χ0) is 30.2. The minimum atomic E-state index is -0.563. The lowest BCUT2D eigenvalue weighted by Crippen LogP contribution is -2.65. The normalized spacial score (nSPS) is 44.5. The van der Waals surface area contributed by atoms with Crippen LogP contribution in [0.5, 0.6) is 0 Å². The van der Waals surface area contributed by atoms with E-state index in [9.17, 15) is 19.6 Å². The van der Waals surface area contributed by atoms with Gasteiger partial charge in [0.15, 0.2) is 5.78 Å². The molecule has 5 aliphatic rings. The largest absolute Gasteiger partial charge is 0.465 e. The van der Waals surface area contributed by atoms with Crippen LogP contribution in [0.25, 0.3) is 0 Å². The number of hydrogen-bond donors (Lipinski definition) is 1. The number of esters is 1. The predicted molar refractivity (Wildman–Crippen MR) is 158 cm³/mol. The first-order chi connectivity index (χ1) is 19.1. The van der Waals surface area contributed by atoms with Crippen molar-refractivity contribution in [1.29, 1.82) is 5.26 Å². The van der Waals surface area contributed by atoms with E-state index in [2.05, 4.69) is 58.2 Å². The second kappa shape index (κ2) is 9.81. The van der Waals surface area contributed by atoms with Gasteiger partial charge in [0.2, 0.25) is 5.91 Å². The minimum Gasteiger partial charge on any atom is -0.465 e. The number of nitriles is 1. The molecule has 1 amide bonds. The van der Waals surface area contributed by atoms with E-state index < -0.39 is 10.8 Å². The number of fused-ring (bicyclic) bond motifs is 7. The molecule has 0 aromatic heterocycles. The number of hydrogen-bond acceptors (Lipinski definition) is 5. The molecule has 3 saturated carbocycles. The van der Waals surface area contributed by atoms with Crippen LogP contribution < -0.4 is 5.32 Å². The SMILES string of the molecule is CCOC(=O)CNC(=O)[C@]12CC[C@@H](C)[C@H](C)[C@H]1C1=CC[C@@H]3[C@@]4(C)C=C(C#N)C(=O)C(C)(C)[C@@H]4CC[C@@]3(C)[C@]1(C)CC2. The van der Waals surface area contributed by atoms with E-state index in [1.807, 2.05) is 13.8 Å². The average Bonchev–Trinajstić information content (AvgIpc) is 2.92. The molecule has 0 radical (unpaired) electrons. The molecule has 0 unspecified atom stereocenters. The van der Waals surface area contributed by atoms with Gasteiger partial charge in [-0.05, 0) is 97.7 Å². The number of carbonyl (C=O) groups is 3. The van der Waals surface area contributed by atoms with Crippen molar-refractivity contribution in [2.45, 2.75) is 100 Å². The van der Waals surface area contributed by atoms with Crippen molar-refractivity contribution in [2.24, 2.45) is 56.7 Å². The van der Waals surface area contributed by atoms with E-state index in [0.717, 1.165) is 44.9 Å². The Labute approximate surface area is 246 Å². The van der Waals surface area contributed by atoms with E-state index in [-0.39, 0.29) is 52.3 Å². The van der Waals surface area contributed by atoms with Crippen molar-refractivity contribution in [3.63, 3.8) is 0 Å². The first kappa shape index (κ1) is 30.1. The van der Waals surface area contributed by atoms with Crippen molar-refractivity contribution in [3.8, 4) is 6.07 Å². The summed E-state index contributed by atoms with van der Waals surface area (Å²) in [6.07, 6.45) is 11.0. The molecule has 6 heteroatoms. The number of ketones is 1. The number of ether oxygens (including phenoxy) is 1. The van der Waals surface area contributed by atoms with E-state index >= 15 is 0 Å². The Bertz CT molecular complexity index is 1260. The molecule has 0 heterocycles. The molecule has 0 bridgehead atoms. The molecule has 0 spiro atoms. The monoisotopic (exact) mass is 562 g/mol. The Morgan fingerprint density at radius 1 is 1.05 bits per heavy atom. The van der Waals surface area contributed by atoms with Crippen molar-refractivity contribution in [2.75, 3.05) is 13.2 Å². The number of rotatable bonds is 4. The fourth-order valence-electron chi connectivity index (χ4n) is 11.0. The fourth-order valence-corrected chi connectivity index (χ4v) is 11.0. The van der Waals surface area contributed by atoms with Crippen LogP contribution in [0.1, 0.15) is 100 Å². The lowest BCUT2D eigenvalue weighted by atomic mass is 9.34. The molecule has 0 aromatic rings.